The molecule has 1 amide bonds. The molecule has 0 radical (unpaired) electrons. The van der Waals surface area contributed by atoms with E-state index in [1.165, 1.54) is 11.3 Å². The highest BCUT2D eigenvalue weighted by atomic mass is 32.1. The molecular formula is C13H16N2OS. The predicted octanol–water partition coefficient (Wildman–Crippen LogP) is 2.97. The molecule has 4 heteroatoms. The number of nitrogens with one attached hydrogen (secondary N) is 2. The number of amides is 1. The average molecular weight is 248 g/mol. The van der Waals surface area contributed by atoms with Crippen molar-refractivity contribution in [1.82, 2.24) is 5.32 Å². The first-order chi connectivity index (χ1) is 8.04. The summed E-state index contributed by atoms with van der Waals surface area (Å²) in [6, 6.07) is 0.132. The summed E-state index contributed by atoms with van der Waals surface area (Å²) < 4.78 is 0. The van der Waals surface area contributed by atoms with Crippen molar-refractivity contribution in [3.63, 3.8) is 0 Å². The molecule has 1 atom stereocenters. The Morgan fingerprint density at radius 1 is 1.59 bits per heavy atom. The van der Waals surface area contributed by atoms with Gasteiger partial charge in [0, 0.05) is 23.0 Å². The highest BCUT2D eigenvalue weighted by molar-refractivity contribution is 7.15. The van der Waals surface area contributed by atoms with E-state index >= 15 is 0 Å². The second-order valence-electron chi connectivity index (χ2n) is 4.29. The zero-order valence-corrected chi connectivity index (χ0v) is 10.9. The lowest BCUT2D eigenvalue weighted by molar-refractivity contribution is 0.0949. The van der Waals surface area contributed by atoms with Crippen LogP contribution in [0.15, 0.2) is 13.2 Å². The summed E-state index contributed by atoms with van der Waals surface area (Å²) in [5.41, 5.74) is 2.87. The first-order valence-electron chi connectivity index (χ1n) is 5.54. The van der Waals surface area contributed by atoms with Crippen LogP contribution in [0.3, 0.4) is 0 Å². The van der Waals surface area contributed by atoms with Crippen LogP contribution < -0.4 is 10.6 Å². The number of carbonyl (C=O) groups is 1. The zero-order valence-electron chi connectivity index (χ0n) is 10.1. The van der Waals surface area contributed by atoms with Crippen molar-refractivity contribution in [2.75, 3.05) is 11.9 Å². The summed E-state index contributed by atoms with van der Waals surface area (Å²) >= 11 is 1.46. The fourth-order valence-corrected chi connectivity index (χ4v) is 3.05. The van der Waals surface area contributed by atoms with E-state index in [9.17, 15) is 4.79 Å². The van der Waals surface area contributed by atoms with Crippen molar-refractivity contribution in [3.8, 4) is 0 Å². The topological polar surface area (TPSA) is 41.1 Å². The van der Waals surface area contributed by atoms with Crippen LogP contribution >= 0.6 is 11.3 Å². The molecule has 17 heavy (non-hydrogen) atoms. The lowest BCUT2D eigenvalue weighted by Gasteiger charge is -2.10. The van der Waals surface area contributed by atoms with E-state index < -0.39 is 0 Å². The van der Waals surface area contributed by atoms with Crippen LogP contribution in [0.5, 0.6) is 0 Å². The minimum Gasteiger partial charge on any atom is -0.381 e. The van der Waals surface area contributed by atoms with Crippen LogP contribution in [0, 0.1) is 0 Å². The molecule has 0 saturated carbocycles. The van der Waals surface area contributed by atoms with Gasteiger partial charge in [0.15, 0.2) is 0 Å². The summed E-state index contributed by atoms with van der Waals surface area (Å²) in [5.74, 6) is -0.0156. The van der Waals surface area contributed by atoms with Crippen molar-refractivity contribution in [3.05, 3.63) is 28.5 Å². The summed E-state index contributed by atoms with van der Waals surface area (Å²) in [6.45, 7) is 12.4. The maximum Gasteiger partial charge on any atom is 0.263 e. The van der Waals surface area contributed by atoms with E-state index in [0.717, 1.165) is 33.1 Å². The second-order valence-corrected chi connectivity index (χ2v) is 5.34. The molecule has 1 aromatic heterocycles. The van der Waals surface area contributed by atoms with Gasteiger partial charge in [0.2, 0.25) is 0 Å². The second kappa shape index (κ2) is 4.37. The molecule has 1 aliphatic rings. The molecule has 1 aliphatic heterocycles. The Morgan fingerprint density at radius 3 is 2.88 bits per heavy atom. The number of anilines is 1. The van der Waals surface area contributed by atoms with E-state index in [4.69, 9.17) is 0 Å². The number of hydrogen-bond donors (Lipinski definition) is 2. The summed E-state index contributed by atoms with van der Waals surface area (Å²) in [7, 11) is 0. The van der Waals surface area contributed by atoms with Gasteiger partial charge in [-0.1, -0.05) is 19.2 Å². The fourth-order valence-electron chi connectivity index (χ4n) is 1.94. The van der Waals surface area contributed by atoms with Gasteiger partial charge < -0.3 is 10.6 Å². The van der Waals surface area contributed by atoms with E-state index in [0.29, 0.717) is 0 Å². The van der Waals surface area contributed by atoms with Gasteiger partial charge in [-0.2, -0.15) is 0 Å². The molecule has 0 spiro atoms. The van der Waals surface area contributed by atoms with Gasteiger partial charge in [0.05, 0.1) is 5.69 Å². The van der Waals surface area contributed by atoms with Crippen molar-refractivity contribution in [2.24, 2.45) is 0 Å². The van der Waals surface area contributed by atoms with Crippen molar-refractivity contribution in [1.29, 1.82) is 0 Å². The van der Waals surface area contributed by atoms with E-state index in [1.807, 2.05) is 13.8 Å². The maximum atomic E-state index is 12.0. The molecule has 2 rings (SSSR count). The van der Waals surface area contributed by atoms with Crippen LogP contribution in [-0.2, 0) is 0 Å². The molecule has 0 aliphatic carbocycles. The van der Waals surface area contributed by atoms with Crippen LogP contribution in [0.1, 0.15) is 34.0 Å². The molecule has 0 saturated heterocycles. The molecule has 0 bridgehead atoms. The Balaban J connectivity index is 2.59. The SMILES string of the molecule is C=Cc1sc2c(c1C(=C)C)NCC(C)NC2=O. The molecule has 0 fully saturated rings. The molecule has 90 valence electrons. The molecular weight excluding hydrogens is 232 g/mol. The molecule has 2 N–H and O–H groups in total. The number of rotatable bonds is 2. The van der Waals surface area contributed by atoms with Crippen LogP contribution in [0.2, 0.25) is 0 Å². The third-order valence-electron chi connectivity index (χ3n) is 2.72. The normalized spacial score (nSPS) is 18.7. The lowest BCUT2D eigenvalue weighted by Crippen LogP contribution is -2.34. The highest BCUT2D eigenvalue weighted by Crippen LogP contribution is 2.38. The van der Waals surface area contributed by atoms with Crippen molar-refractivity contribution in [2.45, 2.75) is 19.9 Å². The van der Waals surface area contributed by atoms with Crippen molar-refractivity contribution < 1.29 is 4.79 Å². The molecule has 1 aromatic rings. The van der Waals surface area contributed by atoms with E-state index in [1.54, 1.807) is 6.08 Å². The van der Waals surface area contributed by atoms with Gasteiger partial charge in [-0.05, 0) is 19.4 Å². The maximum absolute atomic E-state index is 12.0. The Bertz CT molecular complexity index is 502. The monoisotopic (exact) mass is 248 g/mol. The molecule has 1 unspecified atom stereocenters. The number of fused-ring (bicyclic) bond motifs is 1. The van der Waals surface area contributed by atoms with E-state index in [-0.39, 0.29) is 11.9 Å². The minimum absolute atomic E-state index is 0.0156. The summed E-state index contributed by atoms with van der Waals surface area (Å²) in [5, 5.41) is 6.27. The van der Waals surface area contributed by atoms with Crippen LogP contribution in [-0.4, -0.2) is 18.5 Å². The Hall–Kier alpha value is -1.55. The Labute approximate surface area is 105 Å². The first-order valence-corrected chi connectivity index (χ1v) is 6.36. The van der Waals surface area contributed by atoms with Crippen LogP contribution in [0.25, 0.3) is 11.6 Å². The minimum atomic E-state index is -0.0156. The summed E-state index contributed by atoms with van der Waals surface area (Å²) in [6.07, 6.45) is 1.78. The third kappa shape index (κ3) is 2.00. The van der Waals surface area contributed by atoms with Gasteiger partial charge in [-0.15, -0.1) is 11.3 Å². The molecule has 3 nitrogen and oxygen atoms in total. The van der Waals surface area contributed by atoms with Crippen molar-refractivity contribution >= 4 is 34.6 Å². The number of allylic oxidation sites excluding steroid dienone is 1. The van der Waals surface area contributed by atoms with Gasteiger partial charge >= 0.3 is 0 Å². The van der Waals surface area contributed by atoms with Gasteiger partial charge in [-0.3, -0.25) is 4.79 Å². The largest absolute Gasteiger partial charge is 0.381 e. The molecule has 0 aromatic carbocycles. The van der Waals surface area contributed by atoms with Crippen LogP contribution in [0.4, 0.5) is 5.69 Å². The molecule has 2 heterocycles. The third-order valence-corrected chi connectivity index (χ3v) is 3.90. The zero-order chi connectivity index (χ0) is 12.6. The number of carbonyl (C=O) groups excluding carboxylic acids is 1. The lowest BCUT2D eigenvalue weighted by atomic mass is 10.1. The van der Waals surface area contributed by atoms with Gasteiger partial charge in [0.1, 0.15) is 4.88 Å². The highest BCUT2D eigenvalue weighted by Gasteiger charge is 2.25. The smallest absolute Gasteiger partial charge is 0.263 e. The number of thiophene rings is 1. The number of hydrogen-bond acceptors (Lipinski definition) is 3. The fraction of sp³-hybridized carbons (Fsp3) is 0.308. The predicted molar refractivity (Wildman–Crippen MR) is 74.5 cm³/mol. The van der Waals surface area contributed by atoms with E-state index in [2.05, 4.69) is 23.8 Å². The first kappa shape index (κ1) is 11.9. The average Bonchev–Trinajstić information content (AvgIpc) is 2.58. The summed E-state index contributed by atoms with van der Waals surface area (Å²) in [4.78, 5) is 13.7. The van der Waals surface area contributed by atoms with Gasteiger partial charge in [0.25, 0.3) is 5.91 Å². The Kier molecular flexibility index (Phi) is 3.07. The quantitative estimate of drug-likeness (QED) is 0.845. The standard InChI is InChI=1S/C13H16N2OS/c1-5-9-10(7(2)3)11-12(17-9)13(16)15-8(4)6-14-11/h5,8,14H,1-2,6H2,3-4H3,(H,15,16). The Morgan fingerprint density at radius 2 is 2.29 bits per heavy atom. The van der Waals surface area contributed by atoms with Gasteiger partial charge in [-0.25, -0.2) is 0 Å².